The minimum Gasteiger partial charge on any atom is -0.455 e. The maximum atomic E-state index is 13.4. The quantitative estimate of drug-likeness (QED) is 0.907. The topological polar surface area (TPSA) is 34.1 Å². The monoisotopic (exact) mass is 292 g/mol. The third-order valence-corrected chi connectivity index (χ3v) is 3.30. The summed E-state index contributed by atoms with van der Waals surface area (Å²) in [6.45, 7) is 0.589. The van der Waals surface area contributed by atoms with Crippen LogP contribution in [0.5, 0.6) is 11.5 Å². The fraction of sp³-hybridized carbons (Fsp3) is 0.267. The van der Waals surface area contributed by atoms with Crippen molar-refractivity contribution in [1.82, 2.24) is 10.3 Å². The molecule has 1 fully saturated rings. The summed E-state index contributed by atoms with van der Waals surface area (Å²) in [6, 6.07) is 6.73. The van der Waals surface area contributed by atoms with Crippen LogP contribution in [0.1, 0.15) is 18.4 Å². The van der Waals surface area contributed by atoms with Gasteiger partial charge in [-0.15, -0.1) is 0 Å². The molecular formula is C15H14ClFN2O. The first-order valence-corrected chi connectivity index (χ1v) is 6.89. The zero-order valence-corrected chi connectivity index (χ0v) is 11.5. The van der Waals surface area contributed by atoms with Gasteiger partial charge in [0.2, 0.25) is 0 Å². The molecule has 104 valence electrons. The molecule has 0 saturated heterocycles. The summed E-state index contributed by atoms with van der Waals surface area (Å²) >= 11 is 5.87. The number of rotatable bonds is 5. The van der Waals surface area contributed by atoms with E-state index in [1.54, 1.807) is 18.3 Å². The summed E-state index contributed by atoms with van der Waals surface area (Å²) in [4.78, 5) is 3.97. The van der Waals surface area contributed by atoms with Gasteiger partial charge in [0, 0.05) is 30.4 Å². The molecule has 0 unspecified atom stereocenters. The zero-order chi connectivity index (χ0) is 13.9. The van der Waals surface area contributed by atoms with E-state index in [1.165, 1.54) is 31.2 Å². The average molecular weight is 293 g/mol. The molecule has 1 aliphatic carbocycles. The molecule has 0 spiro atoms. The molecular weight excluding hydrogens is 279 g/mol. The van der Waals surface area contributed by atoms with Crippen LogP contribution >= 0.6 is 11.6 Å². The van der Waals surface area contributed by atoms with Gasteiger partial charge in [-0.05, 0) is 31.0 Å². The lowest BCUT2D eigenvalue weighted by Gasteiger charge is -2.12. The van der Waals surface area contributed by atoms with Crippen molar-refractivity contribution >= 4 is 11.6 Å². The summed E-state index contributed by atoms with van der Waals surface area (Å²) < 4.78 is 19.1. The SMILES string of the molecule is Fc1ccc(Oc2cncc(Cl)c2)c(CNC2CC2)c1. The summed E-state index contributed by atoms with van der Waals surface area (Å²) in [5.74, 6) is 0.884. The highest BCUT2D eigenvalue weighted by molar-refractivity contribution is 6.30. The first kappa shape index (κ1) is 13.3. The molecule has 0 bridgehead atoms. The zero-order valence-electron chi connectivity index (χ0n) is 10.8. The van der Waals surface area contributed by atoms with Gasteiger partial charge in [-0.2, -0.15) is 0 Å². The average Bonchev–Trinajstić information content (AvgIpc) is 3.23. The van der Waals surface area contributed by atoms with Crippen LogP contribution in [0.15, 0.2) is 36.7 Å². The van der Waals surface area contributed by atoms with E-state index in [2.05, 4.69) is 10.3 Å². The Bertz CT molecular complexity index is 617. The Labute approximate surface area is 121 Å². The predicted octanol–water partition coefficient (Wildman–Crippen LogP) is 3.92. The fourth-order valence-corrected chi connectivity index (χ4v) is 2.07. The maximum absolute atomic E-state index is 13.4. The van der Waals surface area contributed by atoms with Crippen LogP contribution in [0.2, 0.25) is 5.02 Å². The fourth-order valence-electron chi connectivity index (χ4n) is 1.90. The third kappa shape index (κ3) is 3.46. The van der Waals surface area contributed by atoms with E-state index in [1.807, 2.05) is 0 Å². The van der Waals surface area contributed by atoms with Crippen LogP contribution in [0.25, 0.3) is 0 Å². The van der Waals surface area contributed by atoms with Crippen LogP contribution in [0, 0.1) is 5.82 Å². The summed E-state index contributed by atoms with van der Waals surface area (Å²) in [5, 5.41) is 3.85. The van der Waals surface area contributed by atoms with E-state index in [0.717, 1.165) is 5.56 Å². The first-order chi connectivity index (χ1) is 9.70. The number of nitrogens with zero attached hydrogens (tertiary/aromatic N) is 1. The van der Waals surface area contributed by atoms with Crippen molar-refractivity contribution in [3.8, 4) is 11.5 Å². The number of hydrogen-bond acceptors (Lipinski definition) is 3. The Hall–Kier alpha value is -1.65. The van der Waals surface area contributed by atoms with Crippen LogP contribution in [0.3, 0.4) is 0 Å². The van der Waals surface area contributed by atoms with Gasteiger partial charge in [0.15, 0.2) is 0 Å². The minimum absolute atomic E-state index is 0.269. The molecule has 1 N–H and O–H groups in total. The Kier molecular flexibility index (Phi) is 3.85. The van der Waals surface area contributed by atoms with Gasteiger partial charge < -0.3 is 10.1 Å². The molecule has 0 radical (unpaired) electrons. The Morgan fingerprint density at radius 1 is 1.30 bits per heavy atom. The van der Waals surface area contributed by atoms with Gasteiger partial charge in [0.05, 0.1) is 11.2 Å². The van der Waals surface area contributed by atoms with Gasteiger partial charge in [-0.1, -0.05) is 11.6 Å². The van der Waals surface area contributed by atoms with Crippen molar-refractivity contribution in [1.29, 1.82) is 0 Å². The minimum atomic E-state index is -0.269. The normalized spacial score (nSPS) is 14.3. The number of pyridine rings is 1. The highest BCUT2D eigenvalue weighted by Gasteiger charge is 2.20. The molecule has 20 heavy (non-hydrogen) atoms. The smallest absolute Gasteiger partial charge is 0.147 e. The van der Waals surface area contributed by atoms with E-state index in [-0.39, 0.29) is 5.82 Å². The molecule has 1 aliphatic rings. The standard InChI is InChI=1S/C15H14ClFN2O/c16-11-6-14(9-18-8-11)20-15-4-1-12(17)5-10(15)7-19-13-2-3-13/h1,4-6,8-9,13,19H,2-3,7H2. The van der Waals surface area contributed by atoms with Crippen LogP contribution in [0.4, 0.5) is 4.39 Å². The summed E-state index contributed by atoms with van der Waals surface area (Å²) in [6.07, 6.45) is 5.48. The maximum Gasteiger partial charge on any atom is 0.147 e. The van der Waals surface area contributed by atoms with Crippen LogP contribution in [-0.4, -0.2) is 11.0 Å². The third-order valence-electron chi connectivity index (χ3n) is 3.09. The highest BCUT2D eigenvalue weighted by Crippen LogP contribution is 2.28. The van der Waals surface area contributed by atoms with E-state index in [0.29, 0.717) is 29.1 Å². The molecule has 2 aromatic rings. The van der Waals surface area contributed by atoms with Crippen molar-refractivity contribution in [2.45, 2.75) is 25.4 Å². The molecule has 3 rings (SSSR count). The second kappa shape index (κ2) is 5.77. The number of halogens is 2. The number of benzene rings is 1. The number of aromatic nitrogens is 1. The second-order valence-electron chi connectivity index (χ2n) is 4.85. The van der Waals surface area contributed by atoms with Gasteiger partial charge in [-0.25, -0.2) is 4.39 Å². The molecule has 1 aromatic heterocycles. The molecule has 1 heterocycles. The Balaban J connectivity index is 1.79. The lowest BCUT2D eigenvalue weighted by atomic mass is 10.2. The molecule has 0 aliphatic heterocycles. The highest BCUT2D eigenvalue weighted by atomic mass is 35.5. The van der Waals surface area contributed by atoms with Gasteiger partial charge in [0.25, 0.3) is 0 Å². The van der Waals surface area contributed by atoms with Gasteiger partial charge in [0.1, 0.15) is 17.3 Å². The molecule has 5 heteroatoms. The largest absolute Gasteiger partial charge is 0.455 e. The van der Waals surface area contributed by atoms with E-state index in [4.69, 9.17) is 16.3 Å². The van der Waals surface area contributed by atoms with Gasteiger partial charge >= 0.3 is 0 Å². The molecule has 1 aromatic carbocycles. The summed E-state index contributed by atoms with van der Waals surface area (Å²) in [7, 11) is 0. The Morgan fingerprint density at radius 2 is 2.15 bits per heavy atom. The molecule has 0 amide bonds. The van der Waals surface area contributed by atoms with Crippen LogP contribution in [-0.2, 0) is 6.54 Å². The number of nitrogens with one attached hydrogen (secondary N) is 1. The predicted molar refractivity (Wildman–Crippen MR) is 75.6 cm³/mol. The van der Waals surface area contributed by atoms with Gasteiger partial charge in [-0.3, -0.25) is 4.98 Å². The lowest BCUT2D eigenvalue weighted by molar-refractivity contribution is 0.467. The molecule has 0 atom stereocenters. The van der Waals surface area contributed by atoms with Crippen molar-refractivity contribution < 1.29 is 9.13 Å². The van der Waals surface area contributed by atoms with Crippen molar-refractivity contribution in [3.63, 3.8) is 0 Å². The summed E-state index contributed by atoms with van der Waals surface area (Å²) in [5.41, 5.74) is 0.789. The lowest BCUT2D eigenvalue weighted by Crippen LogP contribution is -2.15. The van der Waals surface area contributed by atoms with E-state index < -0.39 is 0 Å². The molecule has 1 saturated carbocycles. The van der Waals surface area contributed by atoms with E-state index in [9.17, 15) is 4.39 Å². The number of hydrogen-bond donors (Lipinski definition) is 1. The Morgan fingerprint density at radius 3 is 2.90 bits per heavy atom. The second-order valence-corrected chi connectivity index (χ2v) is 5.28. The molecule has 3 nitrogen and oxygen atoms in total. The van der Waals surface area contributed by atoms with Crippen molar-refractivity contribution in [2.24, 2.45) is 0 Å². The van der Waals surface area contributed by atoms with E-state index >= 15 is 0 Å². The first-order valence-electron chi connectivity index (χ1n) is 6.51. The van der Waals surface area contributed by atoms with Crippen LogP contribution < -0.4 is 10.1 Å². The van der Waals surface area contributed by atoms with Crippen molar-refractivity contribution in [2.75, 3.05) is 0 Å². The number of ether oxygens (including phenoxy) is 1. The van der Waals surface area contributed by atoms with Crippen molar-refractivity contribution in [3.05, 3.63) is 53.1 Å².